The minimum absolute atomic E-state index is 0.0765. The molecule has 0 aliphatic heterocycles. The molecule has 0 aliphatic carbocycles. The predicted octanol–water partition coefficient (Wildman–Crippen LogP) is 1.38. The van der Waals surface area contributed by atoms with Gasteiger partial charge in [0.25, 0.3) is 0 Å². The summed E-state index contributed by atoms with van der Waals surface area (Å²) >= 11 is 0. The van der Waals surface area contributed by atoms with Gasteiger partial charge in [-0.25, -0.2) is 19.0 Å². The highest BCUT2D eigenvalue weighted by Gasteiger charge is 2.16. The number of H-pyrrole nitrogens is 1. The van der Waals surface area contributed by atoms with E-state index in [4.69, 9.17) is 5.73 Å². The Bertz CT molecular complexity index is 976. The molecule has 0 atom stereocenters. The lowest BCUT2D eigenvalue weighted by Gasteiger charge is -2.05. The summed E-state index contributed by atoms with van der Waals surface area (Å²) in [6, 6.07) is 6.51. The van der Waals surface area contributed by atoms with Crippen LogP contribution in [-0.4, -0.2) is 34.9 Å². The number of nitrogens with zero attached hydrogens (tertiary/aromatic N) is 6. The van der Waals surface area contributed by atoms with E-state index in [1.54, 1.807) is 29.1 Å². The molecule has 1 aromatic carbocycles. The van der Waals surface area contributed by atoms with Crippen LogP contribution in [-0.2, 0) is 6.54 Å². The van der Waals surface area contributed by atoms with Gasteiger partial charge in [-0.3, -0.25) is 5.10 Å². The van der Waals surface area contributed by atoms with Crippen molar-refractivity contribution in [2.45, 2.75) is 6.54 Å². The van der Waals surface area contributed by atoms with Gasteiger partial charge in [-0.1, -0.05) is 18.2 Å². The number of hydrogen-bond acceptors (Lipinski definition) is 6. The second kappa shape index (κ2) is 5.13. The fraction of sp³-hybridized carbons (Fsp3) is 0.0714. The van der Waals surface area contributed by atoms with Crippen LogP contribution in [0.2, 0.25) is 0 Å². The number of halogens is 1. The van der Waals surface area contributed by atoms with Crippen LogP contribution < -0.4 is 5.73 Å². The van der Waals surface area contributed by atoms with Crippen LogP contribution in [0.1, 0.15) is 5.56 Å². The average molecular weight is 310 g/mol. The third-order valence-corrected chi connectivity index (χ3v) is 3.42. The highest BCUT2D eigenvalue weighted by atomic mass is 19.1. The number of hydrogen-bond donors (Lipinski definition) is 2. The number of nitrogens with two attached hydrogens (primary N) is 1. The van der Waals surface area contributed by atoms with Gasteiger partial charge in [-0.05, 0) is 6.07 Å². The molecular formula is C14H11FN8. The molecule has 4 rings (SSSR count). The van der Waals surface area contributed by atoms with Gasteiger partial charge in [-0.2, -0.15) is 15.2 Å². The fourth-order valence-corrected chi connectivity index (χ4v) is 2.37. The summed E-state index contributed by atoms with van der Waals surface area (Å²) in [7, 11) is 0. The maximum Gasteiger partial charge on any atom is 0.222 e. The number of rotatable bonds is 3. The molecule has 3 heterocycles. The van der Waals surface area contributed by atoms with Gasteiger partial charge in [0.2, 0.25) is 5.95 Å². The standard InChI is InChI=1S/C14H11FN8/c15-10-4-2-1-3-8(10)6-23-13-9(5-19-23)11(20-14(16)21-13)12-17-7-18-22-12/h1-5,7H,6H2,(H2,16,20,21)(H,17,18,22). The largest absolute Gasteiger partial charge is 0.368 e. The lowest BCUT2D eigenvalue weighted by molar-refractivity contribution is 0.589. The van der Waals surface area contributed by atoms with Crippen LogP contribution in [0.3, 0.4) is 0 Å². The Balaban J connectivity index is 1.85. The van der Waals surface area contributed by atoms with E-state index in [2.05, 4.69) is 30.2 Å². The van der Waals surface area contributed by atoms with Crippen molar-refractivity contribution in [1.29, 1.82) is 0 Å². The van der Waals surface area contributed by atoms with Gasteiger partial charge in [-0.15, -0.1) is 0 Å². The normalized spacial score (nSPS) is 11.2. The van der Waals surface area contributed by atoms with E-state index in [-0.39, 0.29) is 18.3 Å². The third-order valence-electron chi connectivity index (χ3n) is 3.42. The highest BCUT2D eigenvalue weighted by Crippen LogP contribution is 2.24. The number of fused-ring (bicyclic) bond motifs is 1. The number of benzene rings is 1. The Hall–Kier alpha value is -3.36. The van der Waals surface area contributed by atoms with E-state index < -0.39 is 0 Å². The van der Waals surface area contributed by atoms with E-state index in [0.717, 1.165) is 0 Å². The van der Waals surface area contributed by atoms with Crippen molar-refractivity contribution in [3.05, 3.63) is 48.2 Å². The molecule has 0 spiro atoms. The van der Waals surface area contributed by atoms with Gasteiger partial charge in [0, 0.05) is 5.56 Å². The lowest BCUT2D eigenvalue weighted by atomic mass is 10.2. The monoisotopic (exact) mass is 310 g/mol. The van der Waals surface area contributed by atoms with Gasteiger partial charge in [0.05, 0.1) is 18.1 Å². The zero-order valence-electron chi connectivity index (χ0n) is 11.8. The molecule has 0 fully saturated rings. The Morgan fingerprint density at radius 3 is 2.87 bits per heavy atom. The summed E-state index contributed by atoms with van der Waals surface area (Å²) in [5.74, 6) is 0.175. The number of aromatic amines is 1. The molecule has 0 saturated heterocycles. The van der Waals surface area contributed by atoms with Crippen molar-refractivity contribution in [2.75, 3.05) is 5.73 Å². The summed E-state index contributed by atoms with van der Waals surface area (Å²) < 4.78 is 15.4. The molecular weight excluding hydrogens is 299 g/mol. The molecule has 23 heavy (non-hydrogen) atoms. The molecule has 0 saturated carbocycles. The molecule has 0 bridgehead atoms. The first-order valence-corrected chi connectivity index (χ1v) is 6.81. The quantitative estimate of drug-likeness (QED) is 0.591. The first-order valence-electron chi connectivity index (χ1n) is 6.81. The molecule has 4 aromatic rings. The van der Waals surface area contributed by atoms with Crippen molar-refractivity contribution < 1.29 is 4.39 Å². The number of anilines is 1. The summed E-state index contributed by atoms with van der Waals surface area (Å²) in [6.45, 7) is 0.236. The molecule has 0 unspecified atom stereocenters. The summed E-state index contributed by atoms with van der Waals surface area (Å²) in [6.07, 6.45) is 3.05. The fourth-order valence-electron chi connectivity index (χ4n) is 2.37. The number of nitrogen functional groups attached to an aromatic ring is 1. The first kappa shape index (κ1) is 13.3. The van der Waals surface area contributed by atoms with Gasteiger partial charge < -0.3 is 5.73 Å². The van der Waals surface area contributed by atoms with Crippen molar-refractivity contribution in [3.8, 4) is 11.5 Å². The van der Waals surface area contributed by atoms with Gasteiger partial charge in [0.15, 0.2) is 11.5 Å². The molecule has 3 N–H and O–H groups in total. The Morgan fingerprint density at radius 1 is 1.22 bits per heavy atom. The third kappa shape index (κ3) is 2.27. The molecule has 9 heteroatoms. The van der Waals surface area contributed by atoms with E-state index in [9.17, 15) is 4.39 Å². The Morgan fingerprint density at radius 2 is 2.09 bits per heavy atom. The summed E-state index contributed by atoms with van der Waals surface area (Å²) in [5.41, 5.74) is 7.27. The summed E-state index contributed by atoms with van der Waals surface area (Å²) in [4.78, 5) is 12.5. The van der Waals surface area contributed by atoms with E-state index in [1.807, 2.05) is 0 Å². The second-order valence-corrected chi connectivity index (χ2v) is 4.88. The molecule has 8 nitrogen and oxygen atoms in total. The summed E-state index contributed by atoms with van der Waals surface area (Å²) in [5, 5.41) is 11.6. The molecule has 0 aliphatic rings. The van der Waals surface area contributed by atoms with Gasteiger partial charge in [0.1, 0.15) is 17.8 Å². The predicted molar refractivity (Wildman–Crippen MR) is 80.6 cm³/mol. The van der Waals surface area contributed by atoms with Crippen molar-refractivity contribution >= 4 is 17.0 Å². The average Bonchev–Trinajstić information content (AvgIpc) is 3.19. The maximum absolute atomic E-state index is 13.8. The van der Waals surface area contributed by atoms with E-state index in [1.165, 1.54) is 12.4 Å². The smallest absolute Gasteiger partial charge is 0.222 e. The molecule has 3 aromatic heterocycles. The Kier molecular flexibility index (Phi) is 2.97. The maximum atomic E-state index is 13.8. The van der Waals surface area contributed by atoms with Crippen LogP contribution in [0.25, 0.3) is 22.6 Å². The molecule has 0 amide bonds. The van der Waals surface area contributed by atoms with Crippen molar-refractivity contribution in [1.82, 2.24) is 34.9 Å². The Labute approximate surface area is 129 Å². The zero-order valence-corrected chi connectivity index (χ0v) is 11.8. The minimum Gasteiger partial charge on any atom is -0.368 e. The number of aromatic nitrogens is 7. The highest BCUT2D eigenvalue weighted by molar-refractivity contribution is 5.88. The van der Waals surface area contributed by atoms with Crippen LogP contribution in [0.5, 0.6) is 0 Å². The van der Waals surface area contributed by atoms with Crippen LogP contribution >= 0.6 is 0 Å². The topological polar surface area (TPSA) is 111 Å². The van der Waals surface area contributed by atoms with Gasteiger partial charge >= 0.3 is 0 Å². The lowest BCUT2D eigenvalue weighted by Crippen LogP contribution is -2.06. The van der Waals surface area contributed by atoms with E-state index in [0.29, 0.717) is 28.1 Å². The van der Waals surface area contributed by atoms with Crippen LogP contribution in [0.4, 0.5) is 10.3 Å². The first-order chi connectivity index (χ1) is 11.2. The van der Waals surface area contributed by atoms with E-state index >= 15 is 0 Å². The second-order valence-electron chi connectivity index (χ2n) is 4.88. The van der Waals surface area contributed by atoms with Crippen molar-refractivity contribution in [3.63, 3.8) is 0 Å². The zero-order chi connectivity index (χ0) is 15.8. The SMILES string of the molecule is Nc1nc(-c2nc[nH]n2)c2cnn(Cc3ccccc3F)c2n1. The molecule has 0 radical (unpaired) electrons. The molecule has 114 valence electrons. The van der Waals surface area contributed by atoms with Crippen LogP contribution in [0.15, 0.2) is 36.8 Å². The number of nitrogens with one attached hydrogen (secondary N) is 1. The van der Waals surface area contributed by atoms with Crippen molar-refractivity contribution in [2.24, 2.45) is 0 Å². The van der Waals surface area contributed by atoms with Crippen LogP contribution in [0, 0.1) is 5.82 Å². The minimum atomic E-state index is -0.299.